The average molecular weight is 370 g/mol. The molecule has 1 saturated heterocycles. The monoisotopic (exact) mass is 370 g/mol. The van der Waals surface area contributed by atoms with Gasteiger partial charge in [-0.05, 0) is 49.2 Å². The lowest BCUT2D eigenvalue weighted by Gasteiger charge is -2.44. The Morgan fingerprint density at radius 1 is 1.04 bits per heavy atom. The van der Waals surface area contributed by atoms with Gasteiger partial charge in [0, 0.05) is 38.3 Å². The standard InChI is InChI=1S/C22H27FN2O2/c1-16-12-24(14-18-7-9-20(10-8-18)22(26)27-3)13-17(2)25(16)15-19-5-4-6-21(23)11-19/h4-11,16-17H,12-15H2,1-3H3/t16-,17+. The molecule has 0 saturated carbocycles. The fraction of sp³-hybridized carbons (Fsp3) is 0.409. The van der Waals surface area contributed by atoms with E-state index in [0.29, 0.717) is 17.6 Å². The zero-order valence-electron chi connectivity index (χ0n) is 16.2. The molecule has 144 valence electrons. The Hall–Kier alpha value is -2.24. The van der Waals surface area contributed by atoms with Crippen molar-refractivity contribution in [3.63, 3.8) is 0 Å². The molecule has 0 aromatic heterocycles. The highest BCUT2D eigenvalue weighted by Crippen LogP contribution is 2.21. The lowest BCUT2D eigenvalue weighted by molar-refractivity contribution is 0.0290. The van der Waals surface area contributed by atoms with Gasteiger partial charge in [0.1, 0.15) is 5.82 Å². The Labute approximate surface area is 160 Å². The van der Waals surface area contributed by atoms with E-state index in [-0.39, 0.29) is 11.8 Å². The zero-order chi connectivity index (χ0) is 19.4. The van der Waals surface area contributed by atoms with Crippen molar-refractivity contribution in [2.45, 2.75) is 39.0 Å². The van der Waals surface area contributed by atoms with Gasteiger partial charge < -0.3 is 4.74 Å². The summed E-state index contributed by atoms with van der Waals surface area (Å²) in [5.41, 5.74) is 2.77. The highest BCUT2D eigenvalue weighted by Gasteiger charge is 2.29. The molecule has 2 atom stereocenters. The number of piperazine rings is 1. The summed E-state index contributed by atoms with van der Waals surface area (Å²) in [6.07, 6.45) is 0. The second kappa shape index (κ2) is 8.63. The van der Waals surface area contributed by atoms with Gasteiger partial charge in [-0.1, -0.05) is 24.3 Å². The minimum absolute atomic E-state index is 0.179. The van der Waals surface area contributed by atoms with E-state index >= 15 is 0 Å². The van der Waals surface area contributed by atoms with Gasteiger partial charge in [-0.25, -0.2) is 9.18 Å². The first-order valence-electron chi connectivity index (χ1n) is 9.36. The molecule has 0 amide bonds. The van der Waals surface area contributed by atoms with Crippen molar-refractivity contribution in [2.75, 3.05) is 20.2 Å². The lowest BCUT2D eigenvalue weighted by atomic mass is 10.0. The summed E-state index contributed by atoms with van der Waals surface area (Å²) in [6, 6.07) is 15.2. The van der Waals surface area contributed by atoms with Crippen LogP contribution in [0.5, 0.6) is 0 Å². The van der Waals surface area contributed by atoms with Crippen LogP contribution in [0.4, 0.5) is 4.39 Å². The van der Waals surface area contributed by atoms with E-state index in [1.54, 1.807) is 12.1 Å². The Bertz CT molecular complexity index is 766. The number of nitrogens with zero attached hydrogens (tertiary/aromatic N) is 2. The molecule has 5 heteroatoms. The summed E-state index contributed by atoms with van der Waals surface area (Å²) < 4.78 is 18.2. The molecule has 0 radical (unpaired) electrons. The largest absolute Gasteiger partial charge is 0.465 e. The van der Waals surface area contributed by atoms with Crippen molar-refractivity contribution in [3.8, 4) is 0 Å². The number of hydrogen-bond donors (Lipinski definition) is 0. The molecule has 1 fully saturated rings. The highest BCUT2D eigenvalue weighted by molar-refractivity contribution is 5.89. The summed E-state index contributed by atoms with van der Waals surface area (Å²) in [5.74, 6) is -0.489. The summed E-state index contributed by atoms with van der Waals surface area (Å²) in [4.78, 5) is 16.4. The number of benzene rings is 2. The van der Waals surface area contributed by atoms with Gasteiger partial charge >= 0.3 is 5.97 Å². The Morgan fingerprint density at radius 3 is 2.30 bits per heavy atom. The minimum Gasteiger partial charge on any atom is -0.465 e. The van der Waals surface area contributed by atoms with E-state index in [9.17, 15) is 9.18 Å². The second-order valence-electron chi connectivity index (χ2n) is 7.38. The van der Waals surface area contributed by atoms with Gasteiger partial charge in [0.15, 0.2) is 0 Å². The molecule has 27 heavy (non-hydrogen) atoms. The molecule has 0 unspecified atom stereocenters. The molecule has 0 aliphatic carbocycles. The van der Waals surface area contributed by atoms with Gasteiger partial charge in [-0.2, -0.15) is 0 Å². The summed E-state index contributed by atoms with van der Waals surface area (Å²) in [6.45, 7) is 7.98. The van der Waals surface area contributed by atoms with Gasteiger partial charge in [0.25, 0.3) is 0 Å². The number of ether oxygens (including phenoxy) is 1. The lowest BCUT2D eigenvalue weighted by Crippen LogP contribution is -2.55. The van der Waals surface area contributed by atoms with Crippen LogP contribution in [0.15, 0.2) is 48.5 Å². The maximum Gasteiger partial charge on any atom is 0.337 e. The van der Waals surface area contributed by atoms with Crippen molar-refractivity contribution in [2.24, 2.45) is 0 Å². The number of hydrogen-bond acceptors (Lipinski definition) is 4. The minimum atomic E-state index is -0.310. The van der Waals surface area contributed by atoms with Crippen LogP contribution in [0.25, 0.3) is 0 Å². The predicted octanol–water partition coefficient (Wildman–Crippen LogP) is 3.71. The molecular weight excluding hydrogens is 343 g/mol. The van der Waals surface area contributed by atoms with Crippen LogP contribution in [0.1, 0.15) is 35.3 Å². The Morgan fingerprint density at radius 2 is 1.70 bits per heavy atom. The number of esters is 1. The molecule has 1 aliphatic rings. The molecule has 0 N–H and O–H groups in total. The number of carbonyl (C=O) groups is 1. The molecule has 1 aliphatic heterocycles. The number of carbonyl (C=O) groups excluding carboxylic acids is 1. The van der Waals surface area contributed by atoms with E-state index in [1.807, 2.05) is 30.3 Å². The first kappa shape index (κ1) is 19.5. The maximum absolute atomic E-state index is 13.5. The number of rotatable bonds is 5. The van der Waals surface area contributed by atoms with E-state index in [4.69, 9.17) is 4.74 Å². The highest BCUT2D eigenvalue weighted by atomic mass is 19.1. The average Bonchev–Trinajstić information content (AvgIpc) is 2.65. The summed E-state index contributed by atoms with van der Waals surface area (Å²) >= 11 is 0. The predicted molar refractivity (Wildman–Crippen MR) is 104 cm³/mol. The molecule has 4 nitrogen and oxygen atoms in total. The molecular formula is C22H27FN2O2. The number of methoxy groups -OCH3 is 1. The van der Waals surface area contributed by atoms with Crippen molar-refractivity contribution in [1.82, 2.24) is 9.80 Å². The third-order valence-corrected chi connectivity index (χ3v) is 5.21. The molecule has 2 aromatic carbocycles. The number of halogens is 1. The van der Waals surface area contributed by atoms with Gasteiger partial charge in [-0.3, -0.25) is 9.80 Å². The van der Waals surface area contributed by atoms with Gasteiger partial charge in [0.2, 0.25) is 0 Å². The van der Waals surface area contributed by atoms with Crippen LogP contribution in [-0.4, -0.2) is 48.1 Å². The first-order chi connectivity index (χ1) is 13.0. The first-order valence-corrected chi connectivity index (χ1v) is 9.36. The SMILES string of the molecule is COC(=O)c1ccc(CN2C[C@@H](C)N(Cc3cccc(F)c3)[C@@H](C)C2)cc1. The van der Waals surface area contributed by atoms with Gasteiger partial charge in [-0.15, -0.1) is 0 Å². The van der Waals surface area contributed by atoms with Crippen molar-refractivity contribution >= 4 is 5.97 Å². The van der Waals surface area contributed by atoms with Crippen LogP contribution in [-0.2, 0) is 17.8 Å². The van der Waals surface area contributed by atoms with Crippen molar-refractivity contribution < 1.29 is 13.9 Å². The third kappa shape index (κ3) is 4.93. The zero-order valence-corrected chi connectivity index (χ0v) is 16.2. The molecule has 3 rings (SSSR count). The summed E-state index contributed by atoms with van der Waals surface area (Å²) in [7, 11) is 1.39. The van der Waals surface area contributed by atoms with Crippen molar-refractivity contribution in [3.05, 3.63) is 71.0 Å². The maximum atomic E-state index is 13.5. The molecule has 1 heterocycles. The Kier molecular flexibility index (Phi) is 6.24. The second-order valence-corrected chi connectivity index (χ2v) is 7.38. The quantitative estimate of drug-likeness (QED) is 0.751. The van der Waals surface area contributed by atoms with E-state index in [0.717, 1.165) is 31.7 Å². The fourth-order valence-corrected chi connectivity index (χ4v) is 3.88. The molecule has 2 aromatic rings. The third-order valence-electron chi connectivity index (χ3n) is 5.21. The van der Waals surface area contributed by atoms with Gasteiger partial charge in [0.05, 0.1) is 12.7 Å². The van der Waals surface area contributed by atoms with Crippen LogP contribution in [0, 0.1) is 5.82 Å². The smallest absolute Gasteiger partial charge is 0.337 e. The molecule has 0 spiro atoms. The van der Waals surface area contributed by atoms with Crippen molar-refractivity contribution in [1.29, 1.82) is 0 Å². The topological polar surface area (TPSA) is 32.8 Å². The van der Waals surface area contributed by atoms with Crippen LogP contribution in [0.3, 0.4) is 0 Å². The molecule has 0 bridgehead atoms. The van der Waals surface area contributed by atoms with Crippen LogP contribution in [0.2, 0.25) is 0 Å². The normalized spacial score (nSPS) is 21.2. The van der Waals surface area contributed by atoms with Crippen LogP contribution < -0.4 is 0 Å². The van der Waals surface area contributed by atoms with E-state index in [1.165, 1.54) is 18.7 Å². The summed E-state index contributed by atoms with van der Waals surface area (Å²) in [5, 5.41) is 0. The fourth-order valence-electron chi connectivity index (χ4n) is 3.88. The Balaban J connectivity index is 1.60. The van der Waals surface area contributed by atoms with E-state index < -0.39 is 0 Å². The van der Waals surface area contributed by atoms with E-state index in [2.05, 4.69) is 23.6 Å². The van der Waals surface area contributed by atoms with Crippen LogP contribution >= 0.6 is 0 Å².